The minimum absolute atomic E-state index is 0.0370. The average molecular weight is 206 g/mol. The van der Waals surface area contributed by atoms with Crippen molar-refractivity contribution in [2.24, 2.45) is 5.92 Å². The van der Waals surface area contributed by atoms with Gasteiger partial charge in [-0.05, 0) is 6.42 Å². The Kier molecular flexibility index (Phi) is 8.89. The van der Waals surface area contributed by atoms with Gasteiger partial charge in [0, 0.05) is 0 Å². The standard InChI is InChI=1S/C6H8O4.BH3O3/c1-2-3-4(5(7)8)6(9)10;2-1(3)4/h2,4H,1,3H2,(H,7,8)(H,9,10);2-4H. The largest absolute Gasteiger partial charge is 0.631 e. The summed E-state index contributed by atoms with van der Waals surface area (Å²) in [4.78, 5) is 20.2. The van der Waals surface area contributed by atoms with Gasteiger partial charge in [-0.2, -0.15) is 0 Å². The number of hydrogen-bond donors (Lipinski definition) is 5. The van der Waals surface area contributed by atoms with E-state index in [4.69, 9.17) is 25.3 Å². The lowest BCUT2D eigenvalue weighted by molar-refractivity contribution is -0.154. The van der Waals surface area contributed by atoms with Crippen LogP contribution in [0, 0.1) is 5.92 Å². The second-order valence-corrected chi connectivity index (χ2v) is 2.10. The van der Waals surface area contributed by atoms with Crippen LogP contribution in [0.5, 0.6) is 0 Å². The summed E-state index contributed by atoms with van der Waals surface area (Å²) in [7, 11) is -2.17. The first-order chi connectivity index (χ1) is 6.32. The van der Waals surface area contributed by atoms with Gasteiger partial charge >= 0.3 is 19.3 Å². The molecule has 0 saturated carbocycles. The highest BCUT2D eigenvalue weighted by atomic mass is 16.5. The van der Waals surface area contributed by atoms with Crippen LogP contribution >= 0.6 is 0 Å². The zero-order chi connectivity index (χ0) is 11.7. The van der Waals surface area contributed by atoms with Gasteiger partial charge in [0.25, 0.3) is 0 Å². The first-order valence-corrected chi connectivity index (χ1v) is 3.43. The van der Waals surface area contributed by atoms with Crippen molar-refractivity contribution in [3.63, 3.8) is 0 Å². The number of carboxylic acids is 2. The predicted octanol–water partition coefficient (Wildman–Crippen LogP) is -1.70. The molecule has 0 radical (unpaired) electrons. The van der Waals surface area contributed by atoms with E-state index < -0.39 is 25.2 Å². The van der Waals surface area contributed by atoms with E-state index in [0.29, 0.717) is 0 Å². The van der Waals surface area contributed by atoms with Gasteiger partial charge in [-0.15, -0.1) is 6.58 Å². The molecule has 0 atom stereocenters. The fourth-order valence-corrected chi connectivity index (χ4v) is 0.474. The van der Waals surface area contributed by atoms with Crippen LogP contribution in [0.2, 0.25) is 0 Å². The van der Waals surface area contributed by atoms with Crippen molar-refractivity contribution in [1.29, 1.82) is 0 Å². The maximum atomic E-state index is 10.1. The minimum Gasteiger partial charge on any atom is -0.481 e. The summed E-state index contributed by atoms with van der Waals surface area (Å²) < 4.78 is 0. The van der Waals surface area contributed by atoms with Gasteiger partial charge in [0.15, 0.2) is 5.92 Å². The molecule has 0 rings (SSSR count). The Hall–Kier alpha value is -1.38. The van der Waals surface area contributed by atoms with E-state index in [9.17, 15) is 9.59 Å². The van der Waals surface area contributed by atoms with E-state index >= 15 is 0 Å². The van der Waals surface area contributed by atoms with Gasteiger partial charge in [0.05, 0.1) is 0 Å². The molecule has 0 amide bonds. The lowest BCUT2D eigenvalue weighted by Gasteiger charge is -2.01. The van der Waals surface area contributed by atoms with Crippen LogP contribution < -0.4 is 0 Å². The molecule has 0 aromatic carbocycles. The first kappa shape index (κ1) is 15.1. The molecule has 0 aromatic rings. The Morgan fingerprint density at radius 1 is 1.21 bits per heavy atom. The van der Waals surface area contributed by atoms with Gasteiger partial charge in [0.2, 0.25) is 0 Å². The summed E-state index contributed by atoms with van der Waals surface area (Å²) in [6, 6.07) is 0. The predicted molar refractivity (Wildman–Crippen MR) is 46.0 cm³/mol. The SMILES string of the molecule is C=CCC(C(=O)O)C(=O)O.OB(O)O. The molecular weight excluding hydrogens is 195 g/mol. The summed E-state index contributed by atoms with van der Waals surface area (Å²) >= 11 is 0. The molecule has 0 aromatic heterocycles. The molecule has 5 N–H and O–H groups in total. The monoisotopic (exact) mass is 206 g/mol. The normalized spacial score (nSPS) is 8.57. The van der Waals surface area contributed by atoms with Crippen LogP contribution in [0.1, 0.15) is 6.42 Å². The van der Waals surface area contributed by atoms with Crippen molar-refractivity contribution in [2.45, 2.75) is 6.42 Å². The van der Waals surface area contributed by atoms with Crippen LogP contribution in [0.15, 0.2) is 12.7 Å². The lowest BCUT2D eigenvalue weighted by Crippen LogP contribution is -2.22. The van der Waals surface area contributed by atoms with Crippen LogP contribution in [0.3, 0.4) is 0 Å². The van der Waals surface area contributed by atoms with E-state index in [-0.39, 0.29) is 6.42 Å². The highest BCUT2D eigenvalue weighted by Gasteiger charge is 2.23. The summed E-state index contributed by atoms with van der Waals surface area (Å²) in [5.74, 6) is -4.00. The summed E-state index contributed by atoms with van der Waals surface area (Å²) in [6.07, 6.45) is 1.23. The van der Waals surface area contributed by atoms with Crippen molar-refractivity contribution in [2.75, 3.05) is 0 Å². The Morgan fingerprint density at radius 2 is 1.50 bits per heavy atom. The lowest BCUT2D eigenvalue weighted by atomic mass is 10.1. The number of rotatable bonds is 4. The van der Waals surface area contributed by atoms with Gasteiger partial charge in [-0.1, -0.05) is 6.08 Å². The van der Waals surface area contributed by atoms with E-state index in [2.05, 4.69) is 6.58 Å². The van der Waals surface area contributed by atoms with E-state index in [1.807, 2.05) is 0 Å². The molecule has 0 saturated heterocycles. The zero-order valence-electron chi connectivity index (χ0n) is 7.20. The molecule has 0 bridgehead atoms. The third kappa shape index (κ3) is 10.6. The molecule has 7 nitrogen and oxygen atoms in total. The van der Waals surface area contributed by atoms with Crippen LogP contribution in [-0.2, 0) is 9.59 Å². The van der Waals surface area contributed by atoms with Crippen LogP contribution in [0.4, 0.5) is 0 Å². The van der Waals surface area contributed by atoms with Crippen LogP contribution in [0.25, 0.3) is 0 Å². The average Bonchev–Trinajstić information content (AvgIpc) is 1.97. The Balaban J connectivity index is 0. The molecule has 0 unspecified atom stereocenters. The summed E-state index contributed by atoms with van der Waals surface area (Å²) in [6.45, 7) is 3.24. The maximum Gasteiger partial charge on any atom is 0.631 e. The number of hydrogen-bond acceptors (Lipinski definition) is 5. The van der Waals surface area contributed by atoms with Gasteiger partial charge < -0.3 is 25.3 Å². The quantitative estimate of drug-likeness (QED) is 0.210. The van der Waals surface area contributed by atoms with Crippen molar-refractivity contribution < 1.29 is 34.9 Å². The fourth-order valence-electron chi connectivity index (χ4n) is 0.474. The third-order valence-electron chi connectivity index (χ3n) is 0.999. The number of allylic oxidation sites excluding steroid dienone is 1. The molecule has 14 heavy (non-hydrogen) atoms. The molecule has 8 heteroatoms. The second-order valence-electron chi connectivity index (χ2n) is 2.10. The fraction of sp³-hybridized carbons (Fsp3) is 0.333. The van der Waals surface area contributed by atoms with Crippen molar-refractivity contribution in [3.05, 3.63) is 12.7 Å². The Bertz CT molecular complexity index is 186. The molecule has 0 aliphatic rings. The molecule has 0 spiro atoms. The van der Waals surface area contributed by atoms with E-state index in [1.54, 1.807) is 0 Å². The second kappa shape index (κ2) is 8.23. The minimum atomic E-state index is -2.17. The molecule has 0 aliphatic carbocycles. The van der Waals surface area contributed by atoms with Gasteiger partial charge in [0.1, 0.15) is 0 Å². The maximum absolute atomic E-state index is 10.1. The van der Waals surface area contributed by atoms with E-state index in [0.717, 1.165) is 0 Å². The smallest absolute Gasteiger partial charge is 0.481 e. The molecule has 80 valence electrons. The van der Waals surface area contributed by atoms with Crippen LogP contribution in [-0.4, -0.2) is 44.5 Å². The number of aliphatic carboxylic acids is 2. The van der Waals surface area contributed by atoms with E-state index in [1.165, 1.54) is 6.08 Å². The summed E-state index contributed by atoms with van der Waals surface area (Å²) in [5.41, 5.74) is 0. The molecule has 0 heterocycles. The highest BCUT2D eigenvalue weighted by Crippen LogP contribution is 2.03. The zero-order valence-corrected chi connectivity index (χ0v) is 7.20. The number of carbonyl (C=O) groups is 2. The summed E-state index contributed by atoms with van der Waals surface area (Å²) in [5, 5.41) is 38.0. The highest BCUT2D eigenvalue weighted by molar-refractivity contribution is 6.30. The molecule has 0 aliphatic heterocycles. The molecular formula is C6H11BO7. The number of carboxylic acid groups (broad SMARTS) is 2. The Morgan fingerprint density at radius 3 is 1.57 bits per heavy atom. The first-order valence-electron chi connectivity index (χ1n) is 3.43. The van der Waals surface area contributed by atoms with Gasteiger partial charge in [-0.3, -0.25) is 9.59 Å². The molecule has 0 fully saturated rings. The third-order valence-corrected chi connectivity index (χ3v) is 0.999. The van der Waals surface area contributed by atoms with Crippen molar-refractivity contribution >= 4 is 19.3 Å². The van der Waals surface area contributed by atoms with Crippen molar-refractivity contribution in [3.8, 4) is 0 Å². The van der Waals surface area contributed by atoms with Gasteiger partial charge in [-0.25, -0.2) is 0 Å². The topological polar surface area (TPSA) is 135 Å². The van der Waals surface area contributed by atoms with Crippen molar-refractivity contribution in [1.82, 2.24) is 0 Å². The Labute approximate surface area is 80.1 Å².